The molecule has 4 nitrogen and oxygen atoms in total. The summed E-state index contributed by atoms with van der Waals surface area (Å²) < 4.78 is 10.6. The summed E-state index contributed by atoms with van der Waals surface area (Å²) in [6.45, 7) is 6.91. The van der Waals surface area contributed by atoms with Crippen molar-refractivity contribution < 1.29 is 14.6 Å². The normalized spacial score (nSPS) is 25.2. The van der Waals surface area contributed by atoms with Gasteiger partial charge in [-0.3, -0.25) is 0 Å². The number of hydrogen-bond acceptors (Lipinski definition) is 4. The molecule has 21 heavy (non-hydrogen) atoms. The number of aliphatic hydroxyl groups excluding tert-OH is 1. The molecule has 2 N–H and O–H groups in total. The third kappa shape index (κ3) is 3.23. The molecule has 1 aliphatic carbocycles. The van der Waals surface area contributed by atoms with Crippen LogP contribution in [0.2, 0.25) is 0 Å². The van der Waals surface area contributed by atoms with Gasteiger partial charge in [0.25, 0.3) is 0 Å². The molecular weight excluding hydrogens is 266 g/mol. The van der Waals surface area contributed by atoms with E-state index in [9.17, 15) is 5.11 Å². The first-order chi connectivity index (χ1) is 9.90. The monoisotopic (exact) mass is 293 g/mol. The smallest absolute Gasteiger partial charge is 0.124 e. The first-order valence-corrected chi connectivity index (χ1v) is 7.50. The maximum Gasteiger partial charge on any atom is 0.124 e. The lowest BCUT2D eigenvalue weighted by Gasteiger charge is -2.50. The molecule has 0 radical (unpaired) electrons. The number of nitrogens with one attached hydrogen (secondary N) is 1. The van der Waals surface area contributed by atoms with Crippen LogP contribution >= 0.6 is 0 Å². The number of methoxy groups -OCH3 is 2. The molecule has 2 rings (SSSR count). The van der Waals surface area contributed by atoms with E-state index in [-0.39, 0.29) is 17.6 Å². The standard InChI is InChI=1S/C17H27NO3/c1-11(18-15-9-16(19)17(15,2)3)12-6-7-14(21-5)13(8-12)10-20-4/h6-8,11,15-16,18-19H,9-10H2,1-5H3. The van der Waals surface area contributed by atoms with Crippen molar-refractivity contribution >= 4 is 0 Å². The van der Waals surface area contributed by atoms with Crippen LogP contribution in [0.5, 0.6) is 5.75 Å². The Morgan fingerprint density at radius 1 is 1.38 bits per heavy atom. The zero-order chi connectivity index (χ0) is 15.6. The van der Waals surface area contributed by atoms with Gasteiger partial charge in [0.2, 0.25) is 0 Å². The first kappa shape index (κ1) is 16.3. The van der Waals surface area contributed by atoms with Crippen molar-refractivity contribution in [1.29, 1.82) is 0 Å². The molecule has 118 valence electrons. The number of aliphatic hydroxyl groups is 1. The van der Waals surface area contributed by atoms with Gasteiger partial charge in [-0.1, -0.05) is 19.9 Å². The van der Waals surface area contributed by atoms with Gasteiger partial charge in [0, 0.05) is 30.2 Å². The van der Waals surface area contributed by atoms with Crippen LogP contribution in [-0.4, -0.2) is 31.5 Å². The van der Waals surface area contributed by atoms with E-state index in [0.717, 1.165) is 17.7 Å². The maximum absolute atomic E-state index is 9.84. The van der Waals surface area contributed by atoms with Gasteiger partial charge in [0.05, 0.1) is 19.8 Å². The molecule has 1 aromatic rings. The molecule has 1 aromatic carbocycles. The fraction of sp³-hybridized carbons (Fsp3) is 0.647. The summed E-state index contributed by atoms with van der Waals surface area (Å²) in [5.74, 6) is 0.854. The molecular formula is C17H27NO3. The van der Waals surface area contributed by atoms with Gasteiger partial charge >= 0.3 is 0 Å². The van der Waals surface area contributed by atoms with E-state index in [2.05, 4.69) is 38.2 Å². The Morgan fingerprint density at radius 3 is 2.62 bits per heavy atom. The zero-order valence-corrected chi connectivity index (χ0v) is 13.6. The second-order valence-corrected chi connectivity index (χ2v) is 6.52. The van der Waals surface area contributed by atoms with Gasteiger partial charge in [0.15, 0.2) is 0 Å². The zero-order valence-electron chi connectivity index (χ0n) is 13.6. The minimum Gasteiger partial charge on any atom is -0.496 e. The van der Waals surface area contributed by atoms with Gasteiger partial charge in [-0.15, -0.1) is 0 Å². The molecule has 0 spiro atoms. The number of hydrogen-bond donors (Lipinski definition) is 2. The summed E-state index contributed by atoms with van der Waals surface area (Å²) >= 11 is 0. The minimum absolute atomic E-state index is 0.0594. The van der Waals surface area contributed by atoms with Gasteiger partial charge in [-0.2, -0.15) is 0 Å². The number of benzene rings is 1. The summed E-state index contributed by atoms with van der Waals surface area (Å²) in [7, 11) is 3.36. The average molecular weight is 293 g/mol. The van der Waals surface area contributed by atoms with Crippen LogP contribution in [-0.2, 0) is 11.3 Å². The molecule has 1 saturated carbocycles. The lowest BCUT2D eigenvalue weighted by atomic mass is 9.64. The third-order valence-electron chi connectivity index (χ3n) is 4.77. The Kier molecular flexibility index (Phi) is 4.91. The van der Waals surface area contributed by atoms with E-state index >= 15 is 0 Å². The van der Waals surface area contributed by atoms with Crippen LogP contribution in [0.4, 0.5) is 0 Å². The molecule has 0 amide bonds. The van der Waals surface area contributed by atoms with E-state index < -0.39 is 0 Å². The lowest BCUT2D eigenvalue weighted by molar-refractivity contribution is -0.0754. The third-order valence-corrected chi connectivity index (χ3v) is 4.77. The van der Waals surface area contributed by atoms with E-state index in [1.54, 1.807) is 14.2 Å². The fourth-order valence-corrected chi connectivity index (χ4v) is 2.92. The Balaban J connectivity index is 2.09. The van der Waals surface area contributed by atoms with Gasteiger partial charge in [-0.25, -0.2) is 0 Å². The molecule has 4 heteroatoms. The summed E-state index contributed by atoms with van der Waals surface area (Å²) in [4.78, 5) is 0. The van der Waals surface area contributed by atoms with Gasteiger partial charge in [0.1, 0.15) is 5.75 Å². The molecule has 0 heterocycles. The van der Waals surface area contributed by atoms with Gasteiger partial charge in [-0.05, 0) is 31.0 Å². The molecule has 1 aliphatic rings. The SMILES string of the molecule is COCc1cc(C(C)NC2CC(O)C2(C)C)ccc1OC. The van der Waals surface area contributed by atoms with Crippen molar-refractivity contribution in [1.82, 2.24) is 5.32 Å². The quantitative estimate of drug-likeness (QED) is 0.846. The van der Waals surface area contributed by atoms with Gasteiger partial charge < -0.3 is 19.9 Å². The fourth-order valence-electron chi connectivity index (χ4n) is 2.92. The summed E-state index contributed by atoms with van der Waals surface area (Å²) in [6, 6.07) is 6.77. The van der Waals surface area contributed by atoms with Crippen LogP contribution in [0, 0.1) is 5.41 Å². The highest BCUT2D eigenvalue weighted by Gasteiger charge is 2.47. The molecule has 3 unspecified atom stereocenters. The van der Waals surface area contributed by atoms with Crippen molar-refractivity contribution in [3.63, 3.8) is 0 Å². The van der Waals surface area contributed by atoms with Crippen molar-refractivity contribution in [2.24, 2.45) is 5.41 Å². The van der Waals surface area contributed by atoms with Crippen LogP contribution in [0.25, 0.3) is 0 Å². The van der Waals surface area contributed by atoms with Crippen LogP contribution in [0.3, 0.4) is 0 Å². The van der Waals surface area contributed by atoms with E-state index in [1.807, 2.05) is 6.07 Å². The second kappa shape index (κ2) is 6.34. The van der Waals surface area contributed by atoms with Crippen molar-refractivity contribution in [3.05, 3.63) is 29.3 Å². The van der Waals surface area contributed by atoms with Crippen molar-refractivity contribution in [2.45, 2.75) is 52.0 Å². The summed E-state index contributed by atoms with van der Waals surface area (Å²) in [5.41, 5.74) is 2.20. The summed E-state index contributed by atoms with van der Waals surface area (Å²) in [6.07, 6.45) is 0.612. The van der Waals surface area contributed by atoms with E-state index in [0.29, 0.717) is 12.6 Å². The first-order valence-electron chi connectivity index (χ1n) is 7.50. The predicted octanol–water partition coefficient (Wildman–Crippen LogP) is 2.65. The topological polar surface area (TPSA) is 50.7 Å². The molecule has 3 atom stereocenters. The largest absolute Gasteiger partial charge is 0.496 e. The van der Waals surface area contributed by atoms with Crippen molar-refractivity contribution in [2.75, 3.05) is 14.2 Å². The van der Waals surface area contributed by atoms with Crippen LogP contribution in [0.15, 0.2) is 18.2 Å². The minimum atomic E-state index is -0.206. The summed E-state index contributed by atoms with van der Waals surface area (Å²) in [5, 5.41) is 13.5. The molecule has 1 fully saturated rings. The number of rotatable bonds is 6. The van der Waals surface area contributed by atoms with Crippen molar-refractivity contribution in [3.8, 4) is 5.75 Å². The predicted molar refractivity (Wildman–Crippen MR) is 83.5 cm³/mol. The highest BCUT2D eigenvalue weighted by Crippen LogP contribution is 2.41. The molecule has 0 aliphatic heterocycles. The highest BCUT2D eigenvalue weighted by atomic mass is 16.5. The Morgan fingerprint density at radius 2 is 2.10 bits per heavy atom. The van der Waals surface area contributed by atoms with Crippen LogP contribution in [0.1, 0.15) is 44.4 Å². The maximum atomic E-state index is 9.84. The van der Waals surface area contributed by atoms with E-state index in [1.165, 1.54) is 5.56 Å². The van der Waals surface area contributed by atoms with Crippen LogP contribution < -0.4 is 10.1 Å². The number of ether oxygens (including phenoxy) is 2. The Bertz CT molecular complexity index is 487. The Labute approximate surface area is 127 Å². The second-order valence-electron chi connectivity index (χ2n) is 6.52. The molecule has 0 bridgehead atoms. The molecule has 0 saturated heterocycles. The highest BCUT2D eigenvalue weighted by molar-refractivity contribution is 5.38. The molecule has 0 aromatic heterocycles. The lowest BCUT2D eigenvalue weighted by Crippen LogP contribution is -2.60. The average Bonchev–Trinajstić information content (AvgIpc) is 2.47. The van der Waals surface area contributed by atoms with E-state index in [4.69, 9.17) is 9.47 Å². The Hall–Kier alpha value is -1.10.